The van der Waals surface area contributed by atoms with Gasteiger partial charge in [0.15, 0.2) is 11.6 Å². The fourth-order valence-electron chi connectivity index (χ4n) is 5.32. The second kappa shape index (κ2) is 19.0. The number of Topliss-reactive ketones (excluding diaryl/α,β-unsaturated/α-hetero) is 2. The number of carbonyl (C=O) groups excluding carboxylic acids is 2. The zero-order valence-electron chi connectivity index (χ0n) is 29.4. The first-order valence-electron chi connectivity index (χ1n) is 16.1. The molecule has 2 aliphatic rings. The highest BCUT2D eigenvalue weighted by Gasteiger charge is 2.36. The molecule has 45 heavy (non-hydrogen) atoms. The van der Waals surface area contributed by atoms with Crippen molar-refractivity contribution in [2.75, 3.05) is 0 Å². The van der Waals surface area contributed by atoms with Gasteiger partial charge in [-0.25, -0.2) is 0 Å². The Hall–Kier alpha value is -3.60. The van der Waals surface area contributed by atoms with Crippen LogP contribution in [0.3, 0.4) is 0 Å². The molecule has 244 valence electrons. The highest BCUT2D eigenvalue weighted by molar-refractivity contribution is 6.01. The molecule has 0 bridgehead atoms. The molecule has 0 heterocycles. The number of hydrogen-bond acceptors (Lipinski definition) is 4. The van der Waals surface area contributed by atoms with Crippen LogP contribution < -0.4 is 0 Å². The van der Waals surface area contributed by atoms with E-state index in [1.165, 1.54) is 0 Å². The van der Waals surface area contributed by atoms with Crippen LogP contribution in [0.5, 0.6) is 0 Å². The van der Waals surface area contributed by atoms with Gasteiger partial charge in [0.05, 0.1) is 0 Å². The van der Waals surface area contributed by atoms with Crippen molar-refractivity contribution in [3.8, 4) is 0 Å². The van der Waals surface area contributed by atoms with E-state index in [-0.39, 0.29) is 22.9 Å². The second-order valence-electron chi connectivity index (χ2n) is 12.5. The molecule has 2 aliphatic carbocycles. The minimum atomic E-state index is -0.906. The Morgan fingerprint density at radius 1 is 0.667 bits per heavy atom. The molecule has 0 aromatic heterocycles. The van der Waals surface area contributed by atoms with Crippen molar-refractivity contribution in [1.29, 1.82) is 0 Å². The normalized spacial score (nSPS) is 24.3. The summed E-state index contributed by atoms with van der Waals surface area (Å²) in [6.45, 7) is 21.9. The predicted molar refractivity (Wildman–Crippen MR) is 192 cm³/mol. The van der Waals surface area contributed by atoms with E-state index in [0.717, 1.165) is 33.4 Å². The first kappa shape index (κ1) is 39.4. The number of allylic oxidation sites excluding steroid dienone is 20. The fraction of sp³-hybridized carbons (Fsp3) is 0.415. The summed E-state index contributed by atoms with van der Waals surface area (Å²) in [5.74, 6) is -0.181. The molecule has 2 N–H and O–H groups in total. The molecule has 3 unspecified atom stereocenters. The van der Waals surface area contributed by atoms with Gasteiger partial charge in [0.1, 0.15) is 12.2 Å². The summed E-state index contributed by atoms with van der Waals surface area (Å²) in [5, 5.41) is 19.9. The zero-order valence-corrected chi connectivity index (χ0v) is 29.4. The molecule has 0 radical (unpaired) electrons. The summed E-state index contributed by atoms with van der Waals surface area (Å²) in [4.78, 5) is 24.3. The van der Waals surface area contributed by atoms with Crippen LogP contribution in [0.15, 0.2) is 130 Å². The van der Waals surface area contributed by atoms with E-state index in [1.54, 1.807) is 13.8 Å². The Morgan fingerprint density at radius 3 is 1.60 bits per heavy atom. The van der Waals surface area contributed by atoms with Crippen LogP contribution in [0.4, 0.5) is 0 Å². The van der Waals surface area contributed by atoms with Crippen LogP contribution in [0.1, 0.15) is 89.0 Å². The number of aliphatic hydroxyl groups is 2. The van der Waals surface area contributed by atoms with E-state index in [1.807, 2.05) is 95.4 Å². The number of carbonyl (C=O) groups is 2. The van der Waals surface area contributed by atoms with Crippen molar-refractivity contribution in [3.05, 3.63) is 130 Å². The van der Waals surface area contributed by atoms with Crippen LogP contribution in [-0.4, -0.2) is 34.0 Å². The van der Waals surface area contributed by atoms with Gasteiger partial charge in [0.25, 0.3) is 0 Å². The van der Waals surface area contributed by atoms with Crippen molar-refractivity contribution >= 4 is 11.6 Å². The third-order valence-corrected chi connectivity index (χ3v) is 8.03. The molecule has 0 aliphatic heterocycles. The zero-order chi connectivity index (χ0) is 34.3. The molecular weight excluding hydrogens is 556 g/mol. The SMILES string of the molecule is CC.CC1=C(/C=C/C(C)=C/C=C/C(C)=C/C=C/C=C(C)/C=C/C=C(C)/C=C/C2=C(C)C(=O)C(O)CC2(C)C)C(C)CC(O)C1=O. The van der Waals surface area contributed by atoms with Crippen LogP contribution >= 0.6 is 0 Å². The van der Waals surface area contributed by atoms with Crippen LogP contribution in [0, 0.1) is 11.3 Å². The van der Waals surface area contributed by atoms with Crippen molar-refractivity contribution in [2.45, 2.75) is 101 Å². The molecular formula is C41H56O4. The minimum absolute atomic E-state index is 0.160. The summed E-state index contributed by atoms with van der Waals surface area (Å²) in [7, 11) is 0. The summed E-state index contributed by atoms with van der Waals surface area (Å²) in [6.07, 6.45) is 27.5. The fourth-order valence-corrected chi connectivity index (χ4v) is 5.32. The highest BCUT2D eigenvalue weighted by Crippen LogP contribution is 2.39. The standard InChI is InChI=1S/C39H50O4.C2H6/c1-26(16-12-18-28(3)20-22-33-30(5)24-35(40)37(42)31(33)6)14-10-11-15-27(2)17-13-19-29(4)21-23-34-32(7)38(43)36(41)25-39(34,8)9;1-2/h10-23,30,35-36,40-41H,24-25H2,1-9H3;1-2H3/b11-10+,16-12+,17-13+,22-20+,23-21+,26-14+,27-15+,28-18+,29-19+;. The number of aliphatic hydroxyl groups excluding tert-OH is 2. The molecule has 0 fully saturated rings. The molecule has 0 aromatic rings. The molecule has 4 nitrogen and oxygen atoms in total. The summed E-state index contributed by atoms with van der Waals surface area (Å²) in [6, 6.07) is 0. The molecule has 0 aromatic carbocycles. The van der Waals surface area contributed by atoms with Crippen LogP contribution in [0.25, 0.3) is 0 Å². The third kappa shape index (κ3) is 12.7. The Kier molecular flexibility index (Phi) is 16.7. The van der Waals surface area contributed by atoms with Crippen LogP contribution in [0.2, 0.25) is 0 Å². The Balaban J connectivity index is 0.00000496. The van der Waals surface area contributed by atoms with E-state index in [0.29, 0.717) is 24.0 Å². The van der Waals surface area contributed by atoms with Gasteiger partial charge in [0.2, 0.25) is 0 Å². The monoisotopic (exact) mass is 612 g/mol. The second-order valence-corrected chi connectivity index (χ2v) is 12.5. The van der Waals surface area contributed by atoms with Crippen molar-refractivity contribution < 1.29 is 19.8 Å². The van der Waals surface area contributed by atoms with E-state index >= 15 is 0 Å². The Morgan fingerprint density at radius 2 is 1.09 bits per heavy atom. The number of hydrogen-bond donors (Lipinski definition) is 2. The molecule has 0 saturated carbocycles. The maximum atomic E-state index is 12.2. The molecule has 0 spiro atoms. The average Bonchev–Trinajstić information content (AvgIpc) is 2.97. The molecule has 3 atom stereocenters. The largest absolute Gasteiger partial charge is 0.385 e. The van der Waals surface area contributed by atoms with Gasteiger partial charge < -0.3 is 10.2 Å². The number of ketones is 2. The molecule has 4 heteroatoms. The van der Waals surface area contributed by atoms with E-state index in [2.05, 4.69) is 52.0 Å². The lowest BCUT2D eigenvalue weighted by Gasteiger charge is -2.34. The summed E-state index contributed by atoms with van der Waals surface area (Å²) >= 11 is 0. The smallest absolute Gasteiger partial charge is 0.187 e. The van der Waals surface area contributed by atoms with Gasteiger partial charge in [-0.05, 0) is 88.0 Å². The summed E-state index contributed by atoms with van der Waals surface area (Å²) in [5.41, 5.74) is 7.45. The lowest BCUT2D eigenvalue weighted by Crippen LogP contribution is -2.35. The predicted octanol–water partition coefficient (Wildman–Crippen LogP) is 9.54. The maximum absolute atomic E-state index is 12.2. The average molecular weight is 613 g/mol. The Bertz CT molecular complexity index is 1410. The van der Waals surface area contributed by atoms with E-state index < -0.39 is 12.2 Å². The van der Waals surface area contributed by atoms with Crippen molar-refractivity contribution in [3.63, 3.8) is 0 Å². The van der Waals surface area contributed by atoms with Crippen molar-refractivity contribution in [2.24, 2.45) is 11.3 Å². The first-order chi connectivity index (χ1) is 21.1. The Labute approximate surface area is 273 Å². The molecule has 2 rings (SSSR count). The van der Waals surface area contributed by atoms with Gasteiger partial charge in [-0.2, -0.15) is 0 Å². The third-order valence-electron chi connectivity index (χ3n) is 8.03. The topological polar surface area (TPSA) is 74.6 Å². The van der Waals surface area contributed by atoms with E-state index in [4.69, 9.17) is 0 Å². The molecule has 0 amide bonds. The maximum Gasteiger partial charge on any atom is 0.187 e. The lowest BCUT2D eigenvalue weighted by atomic mass is 9.71. The summed E-state index contributed by atoms with van der Waals surface area (Å²) < 4.78 is 0. The minimum Gasteiger partial charge on any atom is -0.385 e. The quantitative estimate of drug-likeness (QED) is 0.241. The lowest BCUT2D eigenvalue weighted by molar-refractivity contribution is -0.125. The first-order valence-corrected chi connectivity index (χ1v) is 16.1. The van der Waals surface area contributed by atoms with Gasteiger partial charge >= 0.3 is 0 Å². The number of rotatable bonds is 10. The van der Waals surface area contributed by atoms with Gasteiger partial charge in [-0.3, -0.25) is 9.59 Å². The van der Waals surface area contributed by atoms with Crippen molar-refractivity contribution in [1.82, 2.24) is 0 Å². The molecule has 0 saturated heterocycles. The highest BCUT2D eigenvalue weighted by atomic mass is 16.3. The van der Waals surface area contributed by atoms with Gasteiger partial charge in [0, 0.05) is 0 Å². The van der Waals surface area contributed by atoms with E-state index in [9.17, 15) is 19.8 Å². The van der Waals surface area contributed by atoms with Gasteiger partial charge in [-0.1, -0.05) is 142 Å². The van der Waals surface area contributed by atoms with Gasteiger partial charge in [-0.15, -0.1) is 0 Å². The van der Waals surface area contributed by atoms with Crippen LogP contribution in [-0.2, 0) is 9.59 Å².